The third-order valence-corrected chi connectivity index (χ3v) is 7.61. The SMILES string of the molecule is CS(=O)(=O)c1cccc2sc(N3CCN(C(=O)c4ccccc4Br)CC3)nc12. The Balaban J connectivity index is 1.53. The van der Waals surface area contributed by atoms with Crippen LogP contribution in [0.15, 0.2) is 51.8 Å². The Morgan fingerprint density at radius 3 is 2.46 bits per heavy atom. The topological polar surface area (TPSA) is 70.6 Å². The molecule has 4 rings (SSSR count). The number of piperazine rings is 1. The number of sulfone groups is 1. The van der Waals surface area contributed by atoms with Gasteiger partial charge in [0.25, 0.3) is 5.91 Å². The zero-order chi connectivity index (χ0) is 19.9. The van der Waals surface area contributed by atoms with Crippen molar-refractivity contribution in [2.75, 3.05) is 37.3 Å². The molecule has 0 bridgehead atoms. The molecule has 1 saturated heterocycles. The maximum absolute atomic E-state index is 12.8. The van der Waals surface area contributed by atoms with Gasteiger partial charge in [-0.2, -0.15) is 0 Å². The zero-order valence-corrected chi connectivity index (χ0v) is 18.3. The second kappa shape index (κ2) is 7.46. The first-order chi connectivity index (χ1) is 13.3. The summed E-state index contributed by atoms with van der Waals surface area (Å²) < 4.78 is 25.7. The number of thiazole rings is 1. The van der Waals surface area contributed by atoms with E-state index in [2.05, 4.69) is 25.8 Å². The molecule has 2 aromatic carbocycles. The predicted octanol–water partition coefficient (Wildman–Crippen LogP) is 3.42. The highest BCUT2D eigenvalue weighted by molar-refractivity contribution is 9.10. The minimum Gasteiger partial charge on any atom is -0.345 e. The molecule has 0 spiro atoms. The minimum atomic E-state index is -3.33. The van der Waals surface area contributed by atoms with Crippen molar-refractivity contribution in [3.63, 3.8) is 0 Å². The molecule has 0 aliphatic carbocycles. The quantitative estimate of drug-likeness (QED) is 0.575. The second-order valence-electron chi connectivity index (χ2n) is 6.63. The Bertz CT molecular complexity index is 1150. The summed E-state index contributed by atoms with van der Waals surface area (Å²) in [4.78, 5) is 21.6. The Kier molecular flexibility index (Phi) is 5.15. The van der Waals surface area contributed by atoms with E-state index in [1.807, 2.05) is 35.2 Å². The number of fused-ring (bicyclic) bond motifs is 1. The van der Waals surface area contributed by atoms with Crippen LogP contribution in [0.25, 0.3) is 10.2 Å². The van der Waals surface area contributed by atoms with Crippen molar-refractivity contribution >= 4 is 58.4 Å². The number of para-hydroxylation sites is 1. The highest BCUT2D eigenvalue weighted by atomic mass is 79.9. The van der Waals surface area contributed by atoms with Crippen molar-refractivity contribution < 1.29 is 13.2 Å². The molecule has 2 heterocycles. The number of aromatic nitrogens is 1. The molecule has 146 valence electrons. The van der Waals surface area contributed by atoms with Crippen LogP contribution >= 0.6 is 27.3 Å². The van der Waals surface area contributed by atoms with Crippen LogP contribution in [0.4, 0.5) is 5.13 Å². The number of anilines is 1. The van der Waals surface area contributed by atoms with Gasteiger partial charge in [0.05, 0.1) is 15.2 Å². The zero-order valence-electron chi connectivity index (χ0n) is 15.1. The van der Waals surface area contributed by atoms with E-state index in [4.69, 9.17) is 0 Å². The van der Waals surface area contributed by atoms with Crippen molar-refractivity contribution in [1.82, 2.24) is 9.88 Å². The van der Waals surface area contributed by atoms with Crippen LogP contribution in [0.5, 0.6) is 0 Å². The monoisotopic (exact) mass is 479 g/mol. The molecule has 3 aromatic rings. The van der Waals surface area contributed by atoms with Gasteiger partial charge in [-0.3, -0.25) is 4.79 Å². The molecule has 0 saturated carbocycles. The molecular weight excluding hydrogens is 462 g/mol. The number of halogens is 1. The van der Waals surface area contributed by atoms with Crippen molar-refractivity contribution in [3.05, 3.63) is 52.5 Å². The fourth-order valence-electron chi connectivity index (χ4n) is 3.25. The van der Waals surface area contributed by atoms with Crippen LogP contribution in [-0.2, 0) is 9.84 Å². The molecular formula is C19H18BrN3O3S2. The molecule has 1 aliphatic rings. The van der Waals surface area contributed by atoms with E-state index in [9.17, 15) is 13.2 Å². The predicted molar refractivity (Wildman–Crippen MR) is 115 cm³/mol. The molecule has 0 radical (unpaired) electrons. The van der Waals surface area contributed by atoms with E-state index in [1.54, 1.807) is 12.1 Å². The summed E-state index contributed by atoms with van der Waals surface area (Å²) in [6, 6.07) is 12.6. The van der Waals surface area contributed by atoms with E-state index < -0.39 is 9.84 Å². The van der Waals surface area contributed by atoms with Crippen LogP contribution < -0.4 is 4.90 Å². The van der Waals surface area contributed by atoms with E-state index in [0.29, 0.717) is 37.3 Å². The summed E-state index contributed by atoms with van der Waals surface area (Å²) in [5, 5.41) is 0.791. The molecule has 0 N–H and O–H groups in total. The summed E-state index contributed by atoms with van der Waals surface area (Å²) in [7, 11) is -3.33. The first-order valence-corrected chi connectivity index (χ1v) is 12.2. The average molecular weight is 480 g/mol. The largest absolute Gasteiger partial charge is 0.345 e. The molecule has 1 aromatic heterocycles. The van der Waals surface area contributed by atoms with Gasteiger partial charge in [-0.15, -0.1) is 0 Å². The maximum atomic E-state index is 12.8. The second-order valence-corrected chi connectivity index (χ2v) is 10.5. The number of benzene rings is 2. The Morgan fingerprint density at radius 2 is 1.79 bits per heavy atom. The van der Waals surface area contributed by atoms with Gasteiger partial charge in [0.2, 0.25) is 0 Å². The van der Waals surface area contributed by atoms with Crippen molar-refractivity contribution in [3.8, 4) is 0 Å². The fourth-order valence-corrected chi connectivity index (χ4v) is 5.65. The highest BCUT2D eigenvalue weighted by Gasteiger charge is 2.25. The standard InChI is InChI=1S/C19H18BrN3O3S2/c1-28(25,26)16-8-4-7-15-17(16)21-19(27-15)23-11-9-22(10-12-23)18(24)13-5-2-3-6-14(13)20/h2-8H,9-12H2,1H3. The van der Waals surface area contributed by atoms with E-state index in [0.717, 1.165) is 14.3 Å². The van der Waals surface area contributed by atoms with Gasteiger partial charge in [0, 0.05) is 36.9 Å². The molecule has 0 unspecified atom stereocenters. The normalized spacial score (nSPS) is 15.2. The Morgan fingerprint density at radius 1 is 1.07 bits per heavy atom. The fraction of sp³-hybridized carbons (Fsp3) is 0.263. The molecule has 1 fully saturated rings. The summed E-state index contributed by atoms with van der Waals surface area (Å²) in [6.45, 7) is 2.50. The molecule has 9 heteroatoms. The van der Waals surface area contributed by atoms with Crippen LogP contribution in [0.3, 0.4) is 0 Å². The van der Waals surface area contributed by atoms with Gasteiger partial charge in [0.15, 0.2) is 15.0 Å². The summed E-state index contributed by atoms with van der Waals surface area (Å²) in [5.74, 6) is 0.00999. The Hall–Kier alpha value is -1.97. The van der Waals surface area contributed by atoms with Crippen LogP contribution in [0.2, 0.25) is 0 Å². The molecule has 1 amide bonds. The number of hydrogen-bond acceptors (Lipinski definition) is 6. The summed E-state index contributed by atoms with van der Waals surface area (Å²) in [6.07, 6.45) is 1.20. The summed E-state index contributed by atoms with van der Waals surface area (Å²) >= 11 is 4.92. The highest BCUT2D eigenvalue weighted by Crippen LogP contribution is 2.33. The number of carbonyl (C=O) groups is 1. The van der Waals surface area contributed by atoms with E-state index >= 15 is 0 Å². The van der Waals surface area contributed by atoms with Crippen LogP contribution in [0.1, 0.15) is 10.4 Å². The van der Waals surface area contributed by atoms with Crippen molar-refractivity contribution in [2.45, 2.75) is 4.90 Å². The minimum absolute atomic E-state index is 0.00999. The van der Waals surface area contributed by atoms with Gasteiger partial charge in [-0.1, -0.05) is 29.5 Å². The third-order valence-electron chi connectivity index (χ3n) is 4.71. The lowest BCUT2D eigenvalue weighted by atomic mass is 10.2. The first-order valence-electron chi connectivity index (χ1n) is 8.73. The molecule has 1 aliphatic heterocycles. The third kappa shape index (κ3) is 3.66. The molecule has 28 heavy (non-hydrogen) atoms. The van der Waals surface area contributed by atoms with E-state index in [1.165, 1.54) is 17.6 Å². The van der Waals surface area contributed by atoms with E-state index in [-0.39, 0.29) is 10.8 Å². The van der Waals surface area contributed by atoms with Gasteiger partial charge < -0.3 is 9.80 Å². The first kappa shape index (κ1) is 19.4. The number of hydrogen-bond donors (Lipinski definition) is 0. The lowest BCUT2D eigenvalue weighted by molar-refractivity contribution is 0.0746. The van der Waals surface area contributed by atoms with Gasteiger partial charge in [-0.05, 0) is 40.2 Å². The van der Waals surface area contributed by atoms with Gasteiger partial charge in [0.1, 0.15) is 5.52 Å². The smallest absolute Gasteiger partial charge is 0.255 e. The number of nitrogens with zero attached hydrogens (tertiary/aromatic N) is 3. The van der Waals surface area contributed by atoms with Crippen molar-refractivity contribution in [1.29, 1.82) is 0 Å². The van der Waals surface area contributed by atoms with Crippen LogP contribution in [0, 0.1) is 0 Å². The number of carbonyl (C=O) groups excluding carboxylic acids is 1. The Labute approximate surface area is 175 Å². The lowest BCUT2D eigenvalue weighted by Crippen LogP contribution is -2.48. The average Bonchev–Trinajstić information content (AvgIpc) is 3.11. The summed E-state index contributed by atoms with van der Waals surface area (Å²) in [5.41, 5.74) is 1.19. The molecule has 6 nitrogen and oxygen atoms in total. The lowest BCUT2D eigenvalue weighted by Gasteiger charge is -2.34. The maximum Gasteiger partial charge on any atom is 0.255 e. The van der Waals surface area contributed by atoms with Crippen LogP contribution in [-0.4, -0.2) is 56.6 Å². The molecule has 0 atom stereocenters. The number of rotatable bonds is 3. The van der Waals surface area contributed by atoms with Gasteiger partial charge in [-0.25, -0.2) is 13.4 Å². The number of amides is 1. The van der Waals surface area contributed by atoms with Crippen molar-refractivity contribution in [2.24, 2.45) is 0 Å². The van der Waals surface area contributed by atoms with Gasteiger partial charge >= 0.3 is 0 Å².